The lowest BCUT2D eigenvalue weighted by molar-refractivity contribution is -0.133. The van der Waals surface area contributed by atoms with E-state index in [1.54, 1.807) is 11.3 Å². The number of carbonyl (C=O) groups is 2. The van der Waals surface area contributed by atoms with Crippen molar-refractivity contribution in [3.05, 3.63) is 58.4 Å². The minimum absolute atomic E-state index is 0.107. The van der Waals surface area contributed by atoms with Crippen LogP contribution in [-0.2, 0) is 9.59 Å². The molecule has 2 N–H and O–H groups in total. The van der Waals surface area contributed by atoms with Gasteiger partial charge >= 0.3 is 0 Å². The molecule has 1 aromatic carbocycles. The second kappa shape index (κ2) is 8.19. The number of para-hydroxylation sites is 1. The van der Waals surface area contributed by atoms with E-state index in [0.29, 0.717) is 12.3 Å². The van der Waals surface area contributed by atoms with E-state index in [0.717, 1.165) is 30.8 Å². The average molecular weight is 396 g/mol. The number of nitrogens with one attached hydrogen (secondary N) is 2. The first-order chi connectivity index (χ1) is 13.6. The normalized spacial score (nSPS) is 16.2. The maximum Gasteiger partial charge on any atom is 0.225 e. The Bertz CT molecular complexity index is 955. The number of amides is 2. The van der Waals surface area contributed by atoms with E-state index in [2.05, 4.69) is 34.7 Å². The summed E-state index contributed by atoms with van der Waals surface area (Å²) in [5.74, 6) is 0.484. The predicted molar refractivity (Wildman–Crippen MR) is 112 cm³/mol. The smallest absolute Gasteiger partial charge is 0.225 e. The Morgan fingerprint density at radius 2 is 2.00 bits per heavy atom. The summed E-state index contributed by atoms with van der Waals surface area (Å²) in [6.07, 6.45) is 4.38. The quantitative estimate of drug-likeness (QED) is 0.680. The standard InChI is InChI=1S/C22H25N3O2S/c1-15(26)24-20(21-7-4-12-28-21)13-22(27)25-10-8-16(9-11-25)18-14-23-19-6-3-2-5-17(18)19/h2-7,12,14,16,20,23H,8-11,13H2,1H3,(H,24,26)/t20-/m1/s1. The average Bonchev–Trinajstić information content (AvgIpc) is 3.37. The molecule has 0 aliphatic carbocycles. The molecule has 3 heterocycles. The minimum atomic E-state index is -0.239. The number of thiophene rings is 1. The highest BCUT2D eigenvalue weighted by atomic mass is 32.1. The van der Waals surface area contributed by atoms with Gasteiger partial charge in [-0.25, -0.2) is 0 Å². The van der Waals surface area contributed by atoms with Gasteiger partial charge in [0.2, 0.25) is 11.8 Å². The van der Waals surface area contributed by atoms with Gasteiger partial charge in [0.1, 0.15) is 0 Å². The molecule has 4 rings (SSSR count). The Morgan fingerprint density at radius 1 is 1.21 bits per heavy atom. The zero-order valence-electron chi connectivity index (χ0n) is 16.0. The molecule has 1 atom stereocenters. The molecule has 3 aromatic rings. The van der Waals surface area contributed by atoms with Crippen molar-refractivity contribution in [2.45, 2.75) is 38.1 Å². The highest BCUT2D eigenvalue weighted by Crippen LogP contribution is 2.33. The van der Waals surface area contributed by atoms with E-state index in [1.807, 2.05) is 28.5 Å². The SMILES string of the molecule is CC(=O)N[C@H](CC(=O)N1CCC(c2c[nH]c3ccccc23)CC1)c1cccs1. The summed E-state index contributed by atoms with van der Waals surface area (Å²) in [6, 6.07) is 12.1. The van der Waals surface area contributed by atoms with Crippen LogP contribution in [0.3, 0.4) is 0 Å². The fourth-order valence-electron chi connectivity index (χ4n) is 4.13. The number of nitrogens with zero attached hydrogens (tertiary/aromatic N) is 1. The van der Waals surface area contributed by atoms with Crippen LogP contribution < -0.4 is 5.32 Å². The molecule has 2 aromatic heterocycles. The Balaban J connectivity index is 1.39. The molecule has 0 bridgehead atoms. The molecular formula is C22H25N3O2S. The maximum absolute atomic E-state index is 12.9. The topological polar surface area (TPSA) is 65.2 Å². The summed E-state index contributed by atoms with van der Waals surface area (Å²) >= 11 is 1.57. The Kier molecular flexibility index (Phi) is 5.48. The predicted octanol–water partition coefficient (Wildman–Crippen LogP) is 4.20. The molecule has 0 saturated carbocycles. The van der Waals surface area contributed by atoms with Gasteiger partial charge in [-0.1, -0.05) is 24.3 Å². The summed E-state index contributed by atoms with van der Waals surface area (Å²) < 4.78 is 0. The third kappa shape index (κ3) is 3.97. The zero-order chi connectivity index (χ0) is 19.5. The lowest BCUT2D eigenvalue weighted by atomic mass is 9.89. The third-order valence-electron chi connectivity index (χ3n) is 5.55. The van der Waals surface area contributed by atoms with E-state index >= 15 is 0 Å². The zero-order valence-corrected chi connectivity index (χ0v) is 16.8. The van der Waals surface area contributed by atoms with Crippen molar-refractivity contribution in [1.29, 1.82) is 0 Å². The van der Waals surface area contributed by atoms with Gasteiger partial charge in [-0.3, -0.25) is 9.59 Å². The van der Waals surface area contributed by atoms with Crippen molar-refractivity contribution in [3.63, 3.8) is 0 Å². The highest BCUT2D eigenvalue weighted by Gasteiger charge is 2.27. The second-order valence-electron chi connectivity index (χ2n) is 7.42. The van der Waals surface area contributed by atoms with Crippen LogP contribution in [-0.4, -0.2) is 34.8 Å². The molecule has 5 nitrogen and oxygen atoms in total. The number of aromatic amines is 1. The molecule has 1 aliphatic heterocycles. The van der Waals surface area contributed by atoms with E-state index in [9.17, 15) is 9.59 Å². The fraction of sp³-hybridized carbons (Fsp3) is 0.364. The molecule has 1 fully saturated rings. The largest absolute Gasteiger partial charge is 0.361 e. The second-order valence-corrected chi connectivity index (χ2v) is 8.40. The van der Waals surface area contributed by atoms with Crippen molar-refractivity contribution in [2.75, 3.05) is 13.1 Å². The van der Waals surface area contributed by atoms with Crippen LogP contribution in [0.15, 0.2) is 48.0 Å². The van der Waals surface area contributed by atoms with E-state index in [4.69, 9.17) is 0 Å². The number of H-pyrrole nitrogens is 1. The lowest BCUT2D eigenvalue weighted by Gasteiger charge is -2.33. The number of piperidine rings is 1. The molecule has 6 heteroatoms. The molecule has 28 heavy (non-hydrogen) atoms. The number of rotatable bonds is 5. The summed E-state index contributed by atoms with van der Waals surface area (Å²) in [7, 11) is 0. The number of hydrogen-bond acceptors (Lipinski definition) is 3. The number of carbonyl (C=O) groups excluding carboxylic acids is 2. The Morgan fingerprint density at radius 3 is 2.71 bits per heavy atom. The van der Waals surface area contributed by atoms with Gasteiger partial charge in [0, 0.05) is 42.0 Å². The van der Waals surface area contributed by atoms with E-state index in [-0.39, 0.29) is 17.9 Å². The van der Waals surface area contributed by atoms with Gasteiger partial charge in [0.05, 0.1) is 12.5 Å². The van der Waals surface area contributed by atoms with Crippen LogP contribution in [0.25, 0.3) is 10.9 Å². The Hall–Kier alpha value is -2.60. The number of likely N-dealkylation sites (tertiary alicyclic amines) is 1. The van der Waals surface area contributed by atoms with Crippen LogP contribution in [0.5, 0.6) is 0 Å². The first-order valence-electron chi connectivity index (χ1n) is 9.76. The summed E-state index contributed by atoms with van der Waals surface area (Å²) in [5.41, 5.74) is 2.53. The molecule has 0 spiro atoms. The Labute approximate surface area is 168 Å². The summed E-state index contributed by atoms with van der Waals surface area (Å²) in [4.78, 5) is 30.8. The van der Waals surface area contributed by atoms with Crippen molar-refractivity contribution in [1.82, 2.24) is 15.2 Å². The number of benzene rings is 1. The number of fused-ring (bicyclic) bond motifs is 1. The van der Waals surface area contributed by atoms with Gasteiger partial charge in [0.25, 0.3) is 0 Å². The lowest BCUT2D eigenvalue weighted by Crippen LogP contribution is -2.40. The van der Waals surface area contributed by atoms with Crippen molar-refractivity contribution < 1.29 is 9.59 Å². The van der Waals surface area contributed by atoms with Crippen molar-refractivity contribution in [2.24, 2.45) is 0 Å². The molecule has 2 amide bonds. The van der Waals surface area contributed by atoms with Gasteiger partial charge in [-0.2, -0.15) is 0 Å². The first-order valence-corrected chi connectivity index (χ1v) is 10.6. The first kappa shape index (κ1) is 18.7. The fourth-order valence-corrected chi connectivity index (χ4v) is 4.91. The van der Waals surface area contributed by atoms with E-state index in [1.165, 1.54) is 23.4 Å². The number of aromatic nitrogens is 1. The van der Waals surface area contributed by atoms with Gasteiger partial charge in [-0.15, -0.1) is 11.3 Å². The number of hydrogen-bond donors (Lipinski definition) is 2. The van der Waals surface area contributed by atoms with Crippen molar-refractivity contribution in [3.8, 4) is 0 Å². The van der Waals surface area contributed by atoms with Gasteiger partial charge in [0.15, 0.2) is 0 Å². The van der Waals surface area contributed by atoms with Crippen LogP contribution in [0, 0.1) is 0 Å². The van der Waals surface area contributed by atoms with Gasteiger partial charge in [-0.05, 0) is 41.8 Å². The summed E-state index contributed by atoms with van der Waals surface area (Å²) in [5, 5.41) is 6.18. The van der Waals surface area contributed by atoms with Gasteiger partial charge < -0.3 is 15.2 Å². The monoisotopic (exact) mass is 395 g/mol. The van der Waals surface area contributed by atoms with Crippen LogP contribution >= 0.6 is 11.3 Å². The molecular weight excluding hydrogens is 370 g/mol. The van der Waals surface area contributed by atoms with Crippen LogP contribution in [0.4, 0.5) is 0 Å². The van der Waals surface area contributed by atoms with Crippen molar-refractivity contribution >= 4 is 34.1 Å². The minimum Gasteiger partial charge on any atom is -0.361 e. The van der Waals surface area contributed by atoms with Crippen LogP contribution in [0.1, 0.15) is 48.6 Å². The molecule has 0 unspecified atom stereocenters. The summed E-state index contributed by atoms with van der Waals surface area (Å²) in [6.45, 7) is 3.03. The molecule has 1 aliphatic rings. The van der Waals surface area contributed by atoms with Crippen LogP contribution in [0.2, 0.25) is 0 Å². The third-order valence-corrected chi connectivity index (χ3v) is 6.54. The molecule has 1 saturated heterocycles. The van der Waals surface area contributed by atoms with E-state index < -0.39 is 0 Å². The maximum atomic E-state index is 12.9. The highest BCUT2D eigenvalue weighted by molar-refractivity contribution is 7.10. The molecule has 0 radical (unpaired) electrons. The molecule has 146 valence electrons.